The van der Waals surface area contributed by atoms with Gasteiger partial charge in [-0.25, -0.2) is 4.57 Å². The van der Waals surface area contributed by atoms with Gasteiger partial charge in [-0.2, -0.15) is 0 Å². The van der Waals surface area contributed by atoms with Crippen LogP contribution in [-0.4, -0.2) is 49.3 Å². The number of phosphoric ester groups is 1. The topological polar surface area (TPSA) is 134 Å². The zero-order chi connectivity index (χ0) is 57.3. The van der Waals surface area contributed by atoms with Gasteiger partial charge in [0.1, 0.15) is 6.61 Å². The van der Waals surface area contributed by atoms with Crippen molar-refractivity contribution in [3.05, 3.63) is 146 Å². The number of esters is 2. The van der Waals surface area contributed by atoms with Crippen molar-refractivity contribution in [3.63, 3.8) is 0 Å². The zero-order valence-corrected chi connectivity index (χ0v) is 50.9. The average molecular weight is 1120 g/mol. The quantitative estimate of drug-likeness (QED) is 0.0264. The van der Waals surface area contributed by atoms with Crippen LogP contribution < -0.4 is 5.73 Å². The highest BCUT2D eigenvalue weighted by Crippen LogP contribution is 2.43. The van der Waals surface area contributed by atoms with E-state index in [1.807, 2.05) is 0 Å². The maximum Gasteiger partial charge on any atom is 0.472 e. The van der Waals surface area contributed by atoms with Crippen LogP contribution in [0, 0.1) is 0 Å². The van der Waals surface area contributed by atoms with Crippen molar-refractivity contribution in [1.29, 1.82) is 0 Å². The van der Waals surface area contributed by atoms with Gasteiger partial charge in [0.05, 0.1) is 13.2 Å². The van der Waals surface area contributed by atoms with Crippen LogP contribution in [0.1, 0.15) is 245 Å². The van der Waals surface area contributed by atoms with E-state index >= 15 is 0 Å². The lowest BCUT2D eigenvalue weighted by Gasteiger charge is -2.19. The van der Waals surface area contributed by atoms with E-state index in [4.69, 9.17) is 24.3 Å². The minimum absolute atomic E-state index is 0.0414. The van der Waals surface area contributed by atoms with Crippen LogP contribution in [0.15, 0.2) is 146 Å². The second-order valence-electron chi connectivity index (χ2n) is 20.2. The summed E-state index contributed by atoms with van der Waals surface area (Å²) >= 11 is 0. The van der Waals surface area contributed by atoms with Crippen LogP contribution in [0.3, 0.4) is 0 Å². The summed E-state index contributed by atoms with van der Waals surface area (Å²) in [7, 11) is -4.41. The van der Waals surface area contributed by atoms with Crippen molar-refractivity contribution in [1.82, 2.24) is 0 Å². The van der Waals surface area contributed by atoms with Gasteiger partial charge in [0, 0.05) is 19.4 Å². The molecule has 9 nitrogen and oxygen atoms in total. The summed E-state index contributed by atoms with van der Waals surface area (Å²) in [5.74, 6) is -0.863. The maximum absolute atomic E-state index is 12.7. The summed E-state index contributed by atoms with van der Waals surface area (Å²) in [4.78, 5) is 35.3. The molecule has 0 amide bonds. The van der Waals surface area contributed by atoms with Gasteiger partial charge < -0.3 is 20.1 Å². The molecule has 0 fully saturated rings. The molecule has 2 unspecified atom stereocenters. The highest BCUT2D eigenvalue weighted by molar-refractivity contribution is 7.47. The third-order valence-corrected chi connectivity index (χ3v) is 13.7. The first-order valence-corrected chi connectivity index (χ1v) is 32.8. The van der Waals surface area contributed by atoms with Gasteiger partial charge >= 0.3 is 19.8 Å². The maximum atomic E-state index is 12.7. The lowest BCUT2D eigenvalue weighted by molar-refractivity contribution is -0.161. The van der Waals surface area contributed by atoms with E-state index in [-0.39, 0.29) is 32.6 Å². The summed E-state index contributed by atoms with van der Waals surface area (Å²) in [5, 5.41) is 0. The van der Waals surface area contributed by atoms with E-state index in [0.29, 0.717) is 6.42 Å². The first-order valence-electron chi connectivity index (χ1n) is 31.3. The number of hydrogen-bond donors (Lipinski definition) is 2. The molecular formula is C69H114NO8P. The molecule has 0 spiro atoms. The summed E-state index contributed by atoms with van der Waals surface area (Å²) < 4.78 is 33.1. The molecule has 0 aromatic heterocycles. The fourth-order valence-corrected chi connectivity index (χ4v) is 8.87. The highest BCUT2D eigenvalue weighted by Gasteiger charge is 2.26. The van der Waals surface area contributed by atoms with E-state index in [1.165, 1.54) is 77.0 Å². The van der Waals surface area contributed by atoms with Crippen LogP contribution in [0.4, 0.5) is 0 Å². The molecule has 79 heavy (non-hydrogen) atoms. The Labute approximate surface area is 484 Å². The van der Waals surface area contributed by atoms with Crippen LogP contribution in [0.2, 0.25) is 0 Å². The fourth-order valence-electron chi connectivity index (χ4n) is 8.11. The minimum atomic E-state index is -4.41. The summed E-state index contributed by atoms with van der Waals surface area (Å²) in [6, 6.07) is 0. The molecular weight excluding hydrogens is 1000 g/mol. The number of carbonyl (C=O) groups is 2. The molecule has 3 N–H and O–H groups in total. The molecule has 0 aliphatic carbocycles. The smallest absolute Gasteiger partial charge is 0.462 e. The van der Waals surface area contributed by atoms with Crippen LogP contribution in [0.25, 0.3) is 0 Å². The Morgan fingerprint density at radius 3 is 1.04 bits per heavy atom. The Bertz CT molecular complexity index is 1800. The van der Waals surface area contributed by atoms with Crippen molar-refractivity contribution < 1.29 is 37.6 Å². The van der Waals surface area contributed by atoms with Gasteiger partial charge in [-0.05, 0) is 122 Å². The molecule has 0 aliphatic heterocycles. The van der Waals surface area contributed by atoms with E-state index in [2.05, 4.69) is 160 Å². The number of allylic oxidation sites excluding steroid dienone is 24. The van der Waals surface area contributed by atoms with Gasteiger partial charge in [-0.15, -0.1) is 0 Å². The van der Waals surface area contributed by atoms with Crippen LogP contribution in [0.5, 0.6) is 0 Å². The van der Waals surface area contributed by atoms with Crippen molar-refractivity contribution in [3.8, 4) is 0 Å². The Kier molecular flexibility index (Phi) is 59.8. The van der Waals surface area contributed by atoms with Gasteiger partial charge in [0.2, 0.25) is 0 Å². The van der Waals surface area contributed by atoms with Crippen molar-refractivity contribution in [2.24, 2.45) is 5.73 Å². The molecule has 0 radical (unpaired) electrons. The second-order valence-corrected chi connectivity index (χ2v) is 21.6. The number of phosphoric acid groups is 1. The van der Waals surface area contributed by atoms with Gasteiger partial charge in [0.25, 0.3) is 0 Å². The molecule has 10 heteroatoms. The van der Waals surface area contributed by atoms with Gasteiger partial charge in [-0.3, -0.25) is 18.6 Å². The molecule has 0 rings (SSSR count). The van der Waals surface area contributed by atoms with E-state index in [9.17, 15) is 19.0 Å². The van der Waals surface area contributed by atoms with E-state index in [0.717, 1.165) is 135 Å². The number of nitrogens with two attached hydrogens (primary N) is 1. The second kappa shape index (κ2) is 63.1. The lowest BCUT2D eigenvalue weighted by Crippen LogP contribution is -2.29. The number of carbonyl (C=O) groups excluding carboxylic acids is 2. The largest absolute Gasteiger partial charge is 0.472 e. The molecule has 0 aromatic rings. The number of hydrogen-bond acceptors (Lipinski definition) is 8. The first-order chi connectivity index (χ1) is 38.8. The van der Waals surface area contributed by atoms with E-state index < -0.39 is 32.5 Å². The monoisotopic (exact) mass is 1120 g/mol. The van der Waals surface area contributed by atoms with Crippen LogP contribution in [-0.2, 0) is 32.7 Å². The zero-order valence-electron chi connectivity index (χ0n) is 50.0. The summed E-state index contributed by atoms with van der Waals surface area (Å²) in [5.41, 5.74) is 5.39. The van der Waals surface area contributed by atoms with Gasteiger partial charge in [0.15, 0.2) is 6.10 Å². The predicted octanol–water partition coefficient (Wildman–Crippen LogP) is 20.3. The van der Waals surface area contributed by atoms with Crippen LogP contribution >= 0.6 is 7.82 Å². The molecule has 0 aromatic carbocycles. The normalized spacial score (nSPS) is 14.0. The van der Waals surface area contributed by atoms with Crippen molar-refractivity contribution in [2.45, 2.75) is 251 Å². The van der Waals surface area contributed by atoms with Crippen molar-refractivity contribution >= 4 is 19.8 Å². The molecule has 0 saturated heterocycles. The third kappa shape index (κ3) is 62.9. The van der Waals surface area contributed by atoms with Gasteiger partial charge in [-0.1, -0.05) is 256 Å². The fraction of sp³-hybridized carbons (Fsp3) is 0.623. The SMILES string of the molecule is CC/C=C\C/C=C\C/C=C\C/C=C\C/C=C\C/C=C\C/C=C\C/C=C\C/C=C\CCCCCCCC(=O)OC(COC(=O)CCCCCCCCCCCC/C=C\C/C=C\C/C=C\CCCCCCC)COP(=O)(O)OCCN. The Balaban J connectivity index is 4.07. The molecule has 0 saturated carbocycles. The first kappa shape index (κ1) is 74.9. The number of unbranched alkanes of at least 4 members (excludes halogenated alkanes) is 20. The summed E-state index contributed by atoms with van der Waals surface area (Å²) in [6.45, 7) is 3.58. The summed E-state index contributed by atoms with van der Waals surface area (Å²) in [6.07, 6.45) is 90.4. The Morgan fingerprint density at radius 1 is 0.392 bits per heavy atom. The van der Waals surface area contributed by atoms with E-state index in [1.54, 1.807) is 0 Å². The number of rotatable bonds is 57. The predicted molar refractivity (Wildman–Crippen MR) is 339 cm³/mol. The molecule has 448 valence electrons. The molecule has 0 heterocycles. The minimum Gasteiger partial charge on any atom is -0.462 e. The third-order valence-electron chi connectivity index (χ3n) is 12.7. The highest BCUT2D eigenvalue weighted by atomic mass is 31.2. The molecule has 0 aliphatic rings. The van der Waals surface area contributed by atoms with Crippen molar-refractivity contribution in [2.75, 3.05) is 26.4 Å². The Morgan fingerprint density at radius 2 is 0.696 bits per heavy atom. The molecule has 2 atom stereocenters. The average Bonchev–Trinajstić information content (AvgIpc) is 3.44. The molecule has 0 bridgehead atoms. The number of ether oxygens (including phenoxy) is 2. The lowest BCUT2D eigenvalue weighted by atomic mass is 10.1. The Hall–Kier alpha value is -4.11. The standard InChI is InChI=1S/C69H114NO8P/c1-3-5-7-9-11-13-15-17-19-21-23-25-27-29-30-31-32-33-34-35-36-38-40-42-44-46-48-50-52-54-56-58-60-62-69(72)78-67(66-77-79(73,74)76-64-63-70)65-75-68(71)61-59-57-55-53-51-49-47-45-43-41-39-37-28-26-24-22-20-18-16-14-12-10-8-6-4-2/h5,7,11,13,16-19,22-25,28-30,32-33,35-37,40,42,46,48,67H,3-4,6,8-10,12,14-15,20-21,26-27,31,34,38-39,41,43-45,47,49-66,70H2,1-2H3,(H,73,74)/b7-5-,13-11-,18-16-,19-17-,24-22-,25-23-,30-29-,33-32-,36-35-,37-28-,42-40-,48-46-.